The Balaban J connectivity index is 2.58. The van der Waals surface area contributed by atoms with E-state index in [2.05, 4.69) is 0 Å². The molecule has 0 spiro atoms. The summed E-state index contributed by atoms with van der Waals surface area (Å²) in [5, 5.41) is 1.68. The smallest absolute Gasteiger partial charge is 0.351 e. The summed E-state index contributed by atoms with van der Waals surface area (Å²) in [5.41, 5.74) is 5.90. The topological polar surface area (TPSA) is 78.6 Å². The van der Waals surface area contributed by atoms with Crippen LogP contribution in [0, 0.1) is 0 Å². The molecule has 1 aromatic rings. The second-order valence-electron chi connectivity index (χ2n) is 3.00. The maximum absolute atomic E-state index is 11.5. The number of hydrogen-bond acceptors (Lipinski definition) is 6. The first-order valence-corrected chi connectivity index (χ1v) is 5.64. The highest BCUT2D eigenvalue weighted by Gasteiger charge is 2.21. The Morgan fingerprint density at radius 2 is 2.25 bits per heavy atom. The molecule has 1 heterocycles. The first kappa shape index (κ1) is 12.5. The molecule has 0 saturated carbocycles. The zero-order chi connectivity index (χ0) is 12.1. The Labute approximate surface area is 97.2 Å². The SMILES string of the molecule is CCOC(=O)C(C)OC(=O)c1sccc1N. The Morgan fingerprint density at radius 1 is 1.56 bits per heavy atom. The average Bonchev–Trinajstić information content (AvgIpc) is 2.64. The van der Waals surface area contributed by atoms with Crippen LogP contribution in [0.15, 0.2) is 11.4 Å². The highest BCUT2D eigenvalue weighted by Crippen LogP contribution is 2.20. The first-order valence-electron chi connectivity index (χ1n) is 4.76. The zero-order valence-electron chi connectivity index (χ0n) is 9.06. The summed E-state index contributed by atoms with van der Waals surface area (Å²) in [7, 11) is 0. The standard InChI is InChI=1S/C10H13NO4S/c1-3-14-9(12)6(2)15-10(13)8-7(11)4-5-16-8/h4-6H,3,11H2,1-2H3. The molecule has 0 fully saturated rings. The highest BCUT2D eigenvalue weighted by molar-refractivity contribution is 7.12. The molecule has 0 saturated heterocycles. The summed E-state index contributed by atoms with van der Waals surface area (Å²) in [6, 6.07) is 1.61. The van der Waals surface area contributed by atoms with Crippen molar-refractivity contribution in [2.75, 3.05) is 12.3 Å². The summed E-state index contributed by atoms with van der Waals surface area (Å²) < 4.78 is 9.61. The Morgan fingerprint density at radius 3 is 2.75 bits per heavy atom. The van der Waals surface area contributed by atoms with Gasteiger partial charge in [0.15, 0.2) is 6.10 Å². The number of rotatable bonds is 4. The van der Waals surface area contributed by atoms with Crippen molar-refractivity contribution < 1.29 is 19.1 Å². The summed E-state index contributed by atoms with van der Waals surface area (Å²) in [6.07, 6.45) is -0.922. The number of thiophene rings is 1. The van der Waals surface area contributed by atoms with Gasteiger partial charge in [-0.2, -0.15) is 0 Å². The van der Waals surface area contributed by atoms with Gasteiger partial charge in [-0.3, -0.25) is 0 Å². The minimum Gasteiger partial charge on any atom is -0.463 e. The van der Waals surface area contributed by atoms with E-state index in [0.717, 1.165) is 0 Å². The molecule has 0 aliphatic heterocycles. The van der Waals surface area contributed by atoms with E-state index in [1.165, 1.54) is 18.3 Å². The molecule has 16 heavy (non-hydrogen) atoms. The number of nitrogen functional groups attached to an aromatic ring is 1. The van der Waals surface area contributed by atoms with Gasteiger partial charge in [-0.05, 0) is 25.3 Å². The van der Waals surface area contributed by atoms with Crippen molar-refractivity contribution in [2.45, 2.75) is 20.0 Å². The van der Waals surface area contributed by atoms with Gasteiger partial charge < -0.3 is 15.2 Å². The zero-order valence-corrected chi connectivity index (χ0v) is 9.87. The average molecular weight is 243 g/mol. The van der Waals surface area contributed by atoms with E-state index in [9.17, 15) is 9.59 Å². The van der Waals surface area contributed by atoms with Crippen LogP contribution in [0.2, 0.25) is 0 Å². The molecular weight excluding hydrogens is 230 g/mol. The third-order valence-corrected chi connectivity index (χ3v) is 2.69. The van der Waals surface area contributed by atoms with Crippen molar-refractivity contribution in [3.63, 3.8) is 0 Å². The third-order valence-electron chi connectivity index (χ3n) is 1.78. The van der Waals surface area contributed by atoms with Crippen LogP contribution in [0.5, 0.6) is 0 Å². The van der Waals surface area contributed by atoms with Crippen LogP contribution < -0.4 is 5.73 Å². The van der Waals surface area contributed by atoms with E-state index in [4.69, 9.17) is 15.2 Å². The van der Waals surface area contributed by atoms with Crippen LogP contribution in [-0.2, 0) is 14.3 Å². The molecule has 0 aliphatic rings. The van der Waals surface area contributed by atoms with E-state index in [1.807, 2.05) is 0 Å². The van der Waals surface area contributed by atoms with Gasteiger partial charge in [0.25, 0.3) is 0 Å². The van der Waals surface area contributed by atoms with E-state index in [0.29, 0.717) is 10.6 Å². The molecule has 1 atom stereocenters. The maximum Gasteiger partial charge on any atom is 0.351 e. The molecule has 1 aromatic heterocycles. The van der Waals surface area contributed by atoms with Crippen LogP contribution in [0.25, 0.3) is 0 Å². The van der Waals surface area contributed by atoms with Gasteiger partial charge >= 0.3 is 11.9 Å². The van der Waals surface area contributed by atoms with Gasteiger partial charge in [0.05, 0.1) is 12.3 Å². The summed E-state index contributed by atoms with van der Waals surface area (Å²) >= 11 is 1.17. The fraction of sp³-hybridized carbons (Fsp3) is 0.400. The predicted octanol–water partition coefficient (Wildman–Crippen LogP) is 1.44. The molecule has 0 aliphatic carbocycles. The largest absolute Gasteiger partial charge is 0.463 e. The quantitative estimate of drug-likeness (QED) is 0.809. The molecule has 0 radical (unpaired) electrons. The highest BCUT2D eigenvalue weighted by atomic mass is 32.1. The van der Waals surface area contributed by atoms with Gasteiger partial charge in [0.1, 0.15) is 4.88 Å². The molecule has 0 amide bonds. The third kappa shape index (κ3) is 2.96. The summed E-state index contributed by atoms with van der Waals surface area (Å²) in [6.45, 7) is 3.39. The van der Waals surface area contributed by atoms with Crippen LogP contribution in [0.1, 0.15) is 23.5 Å². The monoisotopic (exact) mass is 243 g/mol. The van der Waals surface area contributed by atoms with Crippen molar-refractivity contribution in [1.82, 2.24) is 0 Å². The molecule has 88 valence electrons. The van der Waals surface area contributed by atoms with Gasteiger partial charge in [0.2, 0.25) is 0 Å². The van der Waals surface area contributed by atoms with Gasteiger partial charge in [-0.15, -0.1) is 11.3 Å². The molecule has 0 aromatic carbocycles. The lowest BCUT2D eigenvalue weighted by molar-refractivity contribution is -0.152. The Hall–Kier alpha value is -1.56. The number of hydrogen-bond donors (Lipinski definition) is 1. The normalized spacial score (nSPS) is 11.9. The lowest BCUT2D eigenvalue weighted by Gasteiger charge is -2.11. The first-order chi connectivity index (χ1) is 7.56. The Bertz CT molecular complexity index is 388. The van der Waals surface area contributed by atoms with Crippen molar-refractivity contribution in [3.8, 4) is 0 Å². The van der Waals surface area contributed by atoms with Crippen molar-refractivity contribution in [2.24, 2.45) is 0 Å². The number of carbonyl (C=O) groups is 2. The number of carbonyl (C=O) groups excluding carboxylic acids is 2. The lowest BCUT2D eigenvalue weighted by Crippen LogP contribution is -2.26. The van der Waals surface area contributed by atoms with E-state index in [-0.39, 0.29) is 6.61 Å². The minimum absolute atomic E-state index is 0.252. The van der Waals surface area contributed by atoms with Crippen LogP contribution in [-0.4, -0.2) is 24.6 Å². The Kier molecular flexibility index (Phi) is 4.30. The van der Waals surface area contributed by atoms with Crippen LogP contribution in [0.4, 0.5) is 5.69 Å². The van der Waals surface area contributed by atoms with Gasteiger partial charge in [0, 0.05) is 0 Å². The predicted molar refractivity (Wildman–Crippen MR) is 60.2 cm³/mol. The number of ether oxygens (including phenoxy) is 2. The van der Waals surface area contributed by atoms with E-state index < -0.39 is 18.0 Å². The molecule has 5 nitrogen and oxygen atoms in total. The van der Waals surface area contributed by atoms with Gasteiger partial charge in [-0.25, -0.2) is 9.59 Å². The van der Waals surface area contributed by atoms with E-state index >= 15 is 0 Å². The molecule has 2 N–H and O–H groups in total. The lowest BCUT2D eigenvalue weighted by atomic mass is 10.4. The number of nitrogens with two attached hydrogens (primary N) is 1. The summed E-state index contributed by atoms with van der Waals surface area (Å²) in [4.78, 5) is 23.1. The molecular formula is C10H13NO4S. The van der Waals surface area contributed by atoms with Crippen molar-refractivity contribution >= 4 is 29.0 Å². The molecule has 0 bridgehead atoms. The number of anilines is 1. The fourth-order valence-corrected chi connectivity index (χ4v) is 1.71. The second kappa shape index (κ2) is 5.50. The molecule has 6 heteroatoms. The maximum atomic E-state index is 11.5. The van der Waals surface area contributed by atoms with Crippen LogP contribution in [0.3, 0.4) is 0 Å². The van der Waals surface area contributed by atoms with Gasteiger partial charge in [-0.1, -0.05) is 0 Å². The minimum atomic E-state index is -0.922. The number of esters is 2. The second-order valence-corrected chi connectivity index (χ2v) is 3.92. The molecule has 1 unspecified atom stereocenters. The van der Waals surface area contributed by atoms with E-state index in [1.54, 1.807) is 18.4 Å². The van der Waals surface area contributed by atoms with Crippen LogP contribution >= 0.6 is 11.3 Å². The van der Waals surface area contributed by atoms with Crippen molar-refractivity contribution in [3.05, 3.63) is 16.3 Å². The summed E-state index contributed by atoms with van der Waals surface area (Å²) in [5.74, 6) is -1.17. The van der Waals surface area contributed by atoms with Crippen molar-refractivity contribution in [1.29, 1.82) is 0 Å². The fourth-order valence-electron chi connectivity index (χ4n) is 1.01. The molecule has 1 rings (SSSR count).